The molecule has 0 saturated carbocycles. The highest BCUT2D eigenvalue weighted by Crippen LogP contribution is 2.44. The molecule has 1 atom stereocenters. The van der Waals surface area contributed by atoms with E-state index in [0.29, 0.717) is 28.4 Å². The van der Waals surface area contributed by atoms with Crippen molar-refractivity contribution < 1.29 is 14.7 Å². The summed E-state index contributed by atoms with van der Waals surface area (Å²) in [7, 11) is 0. The highest BCUT2D eigenvalue weighted by molar-refractivity contribution is 6.31. The number of carbonyl (C=O) groups is 2. The number of hydrogen-bond donors (Lipinski definition) is 1. The predicted octanol–water partition coefficient (Wildman–Crippen LogP) is 4.96. The Morgan fingerprint density at radius 2 is 1.57 bits per heavy atom. The average molecular weight is 420 g/mol. The van der Waals surface area contributed by atoms with Crippen LogP contribution in [0.4, 0.5) is 5.69 Å². The normalized spacial score (nSPS) is 17.9. The van der Waals surface area contributed by atoms with Gasteiger partial charge < -0.3 is 10.0 Å². The van der Waals surface area contributed by atoms with Crippen LogP contribution in [-0.4, -0.2) is 16.8 Å². The zero-order valence-corrected chi connectivity index (χ0v) is 17.6. The Morgan fingerprint density at radius 1 is 0.967 bits per heavy atom. The molecule has 4 rings (SSSR count). The summed E-state index contributed by atoms with van der Waals surface area (Å²) in [5, 5.41) is 11.8. The van der Waals surface area contributed by atoms with Gasteiger partial charge in [0.05, 0.1) is 18.7 Å². The summed E-state index contributed by atoms with van der Waals surface area (Å²) in [5.41, 5.74) is 2.54. The third-order valence-corrected chi connectivity index (χ3v) is 5.78. The molecule has 0 bridgehead atoms. The van der Waals surface area contributed by atoms with E-state index in [4.69, 9.17) is 11.6 Å². The second-order valence-electron chi connectivity index (χ2n) is 7.86. The zero-order chi connectivity index (χ0) is 21.5. The Hall–Kier alpha value is -2.95. The van der Waals surface area contributed by atoms with Crippen molar-refractivity contribution >= 4 is 29.0 Å². The summed E-state index contributed by atoms with van der Waals surface area (Å²) in [6.45, 7) is 4.23. The van der Waals surface area contributed by atoms with Crippen LogP contribution < -0.4 is 4.90 Å². The van der Waals surface area contributed by atoms with Crippen LogP contribution >= 0.6 is 11.6 Å². The number of nitrogens with zero attached hydrogens (tertiary/aromatic N) is 1. The van der Waals surface area contributed by atoms with E-state index >= 15 is 0 Å². The van der Waals surface area contributed by atoms with Gasteiger partial charge in [-0.25, -0.2) is 0 Å². The van der Waals surface area contributed by atoms with Gasteiger partial charge in [-0.05, 0) is 37.6 Å². The molecule has 1 unspecified atom stereocenters. The third kappa shape index (κ3) is 3.64. The summed E-state index contributed by atoms with van der Waals surface area (Å²) in [4.78, 5) is 27.8. The smallest absolute Gasteiger partial charge is 0.264 e. The molecule has 3 aromatic rings. The maximum atomic E-state index is 13.4. The van der Waals surface area contributed by atoms with Crippen molar-refractivity contribution in [1.29, 1.82) is 0 Å². The average Bonchev–Trinajstić information content (AvgIpc) is 2.91. The van der Waals surface area contributed by atoms with E-state index in [1.54, 1.807) is 30.3 Å². The largest absolute Gasteiger partial charge is 0.375 e. The number of anilines is 1. The van der Waals surface area contributed by atoms with Crippen LogP contribution in [0.25, 0.3) is 0 Å². The number of hydrogen-bond acceptors (Lipinski definition) is 3. The monoisotopic (exact) mass is 419 g/mol. The van der Waals surface area contributed by atoms with Crippen molar-refractivity contribution in [2.45, 2.75) is 32.4 Å². The van der Waals surface area contributed by atoms with Gasteiger partial charge in [0, 0.05) is 16.1 Å². The molecule has 1 aliphatic rings. The molecule has 0 aliphatic carbocycles. The van der Waals surface area contributed by atoms with Crippen LogP contribution in [0.5, 0.6) is 0 Å². The van der Waals surface area contributed by atoms with Gasteiger partial charge >= 0.3 is 0 Å². The second-order valence-corrected chi connectivity index (χ2v) is 8.30. The molecule has 0 aromatic heterocycles. The molecule has 0 fully saturated rings. The molecule has 4 nitrogen and oxygen atoms in total. The van der Waals surface area contributed by atoms with Crippen molar-refractivity contribution in [2.75, 3.05) is 4.90 Å². The first-order valence-corrected chi connectivity index (χ1v) is 10.2. The maximum Gasteiger partial charge on any atom is 0.264 e. The molecule has 0 spiro atoms. The minimum atomic E-state index is -1.95. The van der Waals surface area contributed by atoms with Crippen molar-refractivity contribution in [3.63, 3.8) is 0 Å². The van der Waals surface area contributed by atoms with E-state index < -0.39 is 11.5 Å². The van der Waals surface area contributed by atoms with Gasteiger partial charge in [0.2, 0.25) is 0 Å². The van der Waals surface area contributed by atoms with Crippen LogP contribution in [-0.2, 0) is 16.9 Å². The second kappa shape index (κ2) is 7.71. The zero-order valence-electron chi connectivity index (χ0n) is 16.9. The fraction of sp³-hybridized carbons (Fsp3) is 0.200. The lowest BCUT2D eigenvalue weighted by molar-refractivity contribution is -0.136. The van der Waals surface area contributed by atoms with Crippen molar-refractivity contribution in [3.05, 3.63) is 99.6 Å². The van der Waals surface area contributed by atoms with Crippen LogP contribution in [0.2, 0.25) is 5.02 Å². The topological polar surface area (TPSA) is 57.6 Å². The molecule has 1 aliphatic heterocycles. The van der Waals surface area contributed by atoms with Crippen LogP contribution in [0.1, 0.15) is 39.0 Å². The first-order valence-electron chi connectivity index (χ1n) is 9.78. The van der Waals surface area contributed by atoms with Crippen molar-refractivity contribution in [3.8, 4) is 0 Å². The Labute approximate surface area is 180 Å². The highest BCUT2D eigenvalue weighted by atomic mass is 35.5. The number of aliphatic hydroxyl groups is 1. The fourth-order valence-electron chi connectivity index (χ4n) is 3.80. The molecule has 0 radical (unpaired) electrons. The van der Waals surface area contributed by atoms with Crippen molar-refractivity contribution in [2.24, 2.45) is 0 Å². The van der Waals surface area contributed by atoms with E-state index in [0.717, 1.165) is 16.7 Å². The van der Waals surface area contributed by atoms with Gasteiger partial charge in [-0.1, -0.05) is 71.3 Å². The predicted molar refractivity (Wildman–Crippen MR) is 118 cm³/mol. The Morgan fingerprint density at radius 3 is 2.20 bits per heavy atom. The minimum Gasteiger partial charge on any atom is -0.375 e. The first kappa shape index (κ1) is 20.3. The van der Waals surface area contributed by atoms with Gasteiger partial charge in [0.15, 0.2) is 11.4 Å². The number of carbonyl (C=O) groups excluding carboxylic acids is 2. The van der Waals surface area contributed by atoms with Crippen LogP contribution in [0.3, 0.4) is 0 Å². The van der Waals surface area contributed by atoms with E-state index in [2.05, 4.69) is 0 Å². The number of ketones is 1. The highest BCUT2D eigenvalue weighted by Gasteiger charge is 2.51. The van der Waals surface area contributed by atoms with Crippen molar-refractivity contribution in [1.82, 2.24) is 0 Å². The minimum absolute atomic E-state index is 0.297. The van der Waals surface area contributed by atoms with Crippen LogP contribution in [0, 0.1) is 13.8 Å². The maximum absolute atomic E-state index is 13.4. The Balaban J connectivity index is 1.70. The van der Waals surface area contributed by atoms with E-state index in [9.17, 15) is 14.7 Å². The van der Waals surface area contributed by atoms with Gasteiger partial charge in [0.25, 0.3) is 5.91 Å². The summed E-state index contributed by atoms with van der Waals surface area (Å²) in [6.07, 6.45) is -0.341. The fourth-order valence-corrected chi connectivity index (χ4v) is 3.97. The van der Waals surface area contributed by atoms with Gasteiger partial charge in [0.1, 0.15) is 0 Å². The molecule has 5 heteroatoms. The molecule has 1 heterocycles. The molecular formula is C25H22ClNO3. The molecule has 30 heavy (non-hydrogen) atoms. The number of amides is 1. The number of aryl methyl sites for hydroxylation is 2. The number of benzene rings is 3. The van der Waals surface area contributed by atoms with Gasteiger partial charge in [-0.15, -0.1) is 0 Å². The molecule has 1 amide bonds. The summed E-state index contributed by atoms with van der Waals surface area (Å²) in [6, 6.07) is 19.9. The van der Waals surface area contributed by atoms with E-state index in [-0.39, 0.29) is 12.2 Å². The Bertz CT molecular complexity index is 1120. The lowest BCUT2D eigenvalue weighted by Crippen LogP contribution is -2.41. The quantitative estimate of drug-likeness (QED) is 0.594. The van der Waals surface area contributed by atoms with Crippen LogP contribution in [0.15, 0.2) is 66.7 Å². The third-order valence-electron chi connectivity index (χ3n) is 5.55. The molecule has 152 valence electrons. The number of rotatable bonds is 5. The summed E-state index contributed by atoms with van der Waals surface area (Å²) >= 11 is 6.17. The summed E-state index contributed by atoms with van der Waals surface area (Å²) in [5.74, 6) is -0.810. The van der Waals surface area contributed by atoms with Gasteiger partial charge in [-0.3, -0.25) is 9.59 Å². The molecular weight excluding hydrogens is 398 g/mol. The van der Waals surface area contributed by atoms with Gasteiger partial charge in [-0.2, -0.15) is 0 Å². The Kier molecular flexibility index (Phi) is 5.22. The lowest BCUT2D eigenvalue weighted by Gasteiger charge is -2.23. The first-order chi connectivity index (χ1) is 14.3. The SMILES string of the molecule is Cc1ccc(CN2C(=O)C(O)(CC(=O)c3ccc(C)cc3)c3cc(Cl)ccc32)cc1. The molecule has 0 saturated heterocycles. The number of fused-ring (bicyclic) bond motifs is 1. The standard InChI is InChI=1S/C25H22ClNO3/c1-16-3-7-18(8-4-16)15-27-22-12-11-20(26)13-21(22)25(30,24(27)29)14-23(28)19-9-5-17(2)6-10-19/h3-13,30H,14-15H2,1-2H3. The molecule has 1 N–H and O–H groups in total. The van der Waals surface area contributed by atoms with E-state index in [1.807, 2.05) is 50.2 Å². The van der Waals surface area contributed by atoms with E-state index in [1.165, 1.54) is 4.90 Å². The summed E-state index contributed by atoms with van der Waals surface area (Å²) < 4.78 is 0. The number of halogens is 1. The molecule has 3 aromatic carbocycles. The number of Topliss-reactive ketones (excluding diaryl/α,β-unsaturated/α-hetero) is 1. The lowest BCUT2D eigenvalue weighted by atomic mass is 9.88.